The molecule has 2 rings (SSSR count). The summed E-state index contributed by atoms with van der Waals surface area (Å²) in [5.41, 5.74) is 0. The van der Waals surface area contributed by atoms with Gasteiger partial charge in [-0.05, 0) is 32.8 Å². The van der Waals surface area contributed by atoms with Crippen molar-refractivity contribution in [2.24, 2.45) is 0 Å². The molecular weight excluding hydrogens is 202 g/mol. The van der Waals surface area contributed by atoms with Crippen LogP contribution in [0.4, 0.5) is 0 Å². The van der Waals surface area contributed by atoms with Crippen LogP contribution >= 0.6 is 0 Å². The van der Waals surface area contributed by atoms with Gasteiger partial charge in [0.1, 0.15) is 0 Å². The summed E-state index contributed by atoms with van der Waals surface area (Å²) in [6.45, 7) is 6.24. The minimum absolute atomic E-state index is 0.354. The second-order valence-corrected chi connectivity index (χ2v) is 4.60. The van der Waals surface area contributed by atoms with E-state index in [2.05, 4.69) is 24.3 Å². The maximum atomic E-state index is 5.54. The summed E-state index contributed by atoms with van der Waals surface area (Å²) in [4.78, 5) is 0. The van der Waals surface area contributed by atoms with Gasteiger partial charge in [0.25, 0.3) is 0 Å². The highest BCUT2D eigenvalue weighted by atomic mass is 16.5. The summed E-state index contributed by atoms with van der Waals surface area (Å²) in [5, 5.41) is 7.82. The van der Waals surface area contributed by atoms with Crippen LogP contribution in [0, 0.1) is 0 Å². The molecule has 1 fully saturated rings. The van der Waals surface area contributed by atoms with Crippen LogP contribution in [0.2, 0.25) is 0 Å². The van der Waals surface area contributed by atoms with Crippen LogP contribution in [0.1, 0.15) is 26.7 Å². The number of nitrogens with one attached hydrogen (secondary N) is 1. The number of rotatable bonds is 5. The number of hydrogen-bond donors (Lipinski definition) is 1. The molecule has 1 aliphatic rings. The lowest BCUT2D eigenvalue weighted by atomic mass is 10.1. The SMILES string of the molecule is C[C@H](CCn1cccn1)N[C@H]1CCO[C@H]1C. The zero-order valence-electron chi connectivity index (χ0n) is 10.1. The van der Waals surface area contributed by atoms with E-state index in [0.29, 0.717) is 18.2 Å². The average molecular weight is 223 g/mol. The second-order valence-electron chi connectivity index (χ2n) is 4.60. The topological polar surface area (TPSA) is 39.1 Å². The Morgan fingerprint density at radius 1 is 1.62 bits per heavy atom. The summed E-state index contributed by atoms with van der Waals surface area (Å²) in [7, 11) is 0. The number of aryl methyl sites for hydroxylation is 1. The molecule has 4 heteroatoms. The van der Waals surface area contributed by atoms with Crippen molar-refractivity contribution in [2.45, 2.75) is 51.4 Å². The first-order chi connectivity index (χ1) is 7.75. The van der Waals surface area contributed by atoms with Gasteiger partial charge < -0.3 is 10.1 Å². The van der Waals surface area contributed by atoms with E-state index in [1.807, 2.05) is 23.1 Å². The fourth-order valence-corrected chi connectivity index (χ4v) is 2.16. The summed E-state index contributed by atoms with van der Waals surface area (Å²) >= 11 is 0. The van der Waals surface area contributed by atoms with Crippen LogP contribution in [0.5, 0.6) is 0 Å². The van der Waals surface area contributed by atoms with Crippen molar-refractivity contribution in [1.29, 1.82) is 0 Å². The highest BCUT2D eigenvalue weighted by Crippen LogP contribution is 2.13. The fraction of sp³-hybridized carbons (Fsp3) is 0.750. The molecule has 1 aromatic heterocycles. The zero-order valence-corrected chi connectivity index (χ0v) is 10.1. The van der Waals surface area contributed by atoms with E-state index in [-0.39, 0.29) is 0 Å². The van der Waals surface area contributed by atoms with Crippen molar-refractivity contribution in [3.05, 3.63) is 18.5 Å². The molecule has 0 unspecified atom stereocenters. The van der Waals surface area contributed by atoms with Crippen LogP contribution in [-0.4, -0.2) is 34.6 Å². The number of nitrogens with zero attached hydrogens (tertiary/aromatic N) is 2. The van der Waals surface area contributed by atoms with Crippen molar-refractivity contribution in [1.82, 2.24) is 15.1 Å². The van der Waals surface area contributed by atoms with E-state index in [1.165, 1.54) is 0 Å². The first-order valence-corrected chi connectivity index (χ1v) is 6.11. The van der Waals surface area contributed by atoms with Gasteiger partial charge in [-0.1, -0.05) is 0 Å². The summed E-state index contributed by atoms with van der Waals surface area (Å²) < 4.78 is 7.52. The van der Waals surface area contributed by atoms with Gasteiger partial charge in [0.15, 0.2) is 0 Å². The number of aromatic nitrogens is 2. The van der Waals surface area contributed by atoms with Crippen molar-refractivity contribution in [3.8, 4) is 0 Å². The van der Waals surface area contributed by atoms with Crippen LogP contribution in [0.3, 0.4) is 0 Å². The minimum atomic E-state index is 0.354. The molecule has 2 heterocycles. The smallest absolute Gasteiger partial charge is 0.0700 e. The average Bonchev–Trinajstić information content (AvgIpc) is 2.88. The van der Waals surface area contributed by atoms with Crippen LogP contribution in [0.15, 0.2) is 18.5 Å². The van der Waals surface area contributed by atoms with Crippen molar-refractivity contribution < 1.29 is 4.74 Å². The number of ether oxygens (including phenoxy) is 1. The molecule has 0 saturated carbocycles. The highest BCUT2D eigenvalue weighted by molar-refractivity contribution is 4.82. The lowest BCUT2D eigenvalue weighted by Crippen LogP contribution is -2.41. The van der Waals surface area contributed by atoms with Gasteiger partial charge >= 0.3 is 0 Å². The molecule has 0 amide bonds. The highest BCUT2D eigenvalue weighted by Gasteiger charge is 2.24. The number of hydrogen-bond acceptors (Lipinski definition) is 3. The normalized spacial score (nSPS) is 27.1. The third-order valence-electron chi connectivity index (χ3n) is 3.23. The monoisotopic (exact) mass is 223 g/mol. The largest absolute Gasteiger partial charge is 0.377 e. The molecule has 0 bridgehead atoms. The van der Waals surface area contributed by atoms with Gasteiger partial charge in [0.2, 0.25) is 0 Å². The molecule has 3 atom stereocenters. The molecule has 1 aliphatic heterocycles. The molecule has 1 saturated heterocycles. The van der Waals surface area contributed by atoms with Crippen LogP contribution in [0.25, 0.3) is 0 Å². The van der Waals surface area contributed by atoms with E-state index in [9.17, 15) is 0 Å². The van der Waals surface area contributed by atoms with E-state index in [1.54, 1.807) is 0 Å². The standard InChI is InChI=1S/C12H21N3O/c1-10(4-8-15-7-3-6-13-15)14-12-5-9-16-11(12)2/h3,6-7,10-12,14H,4-5,8-9H2,1-2H3/t10-,11+,12+/m1/s1. The lowest BCUT2D eigenvalue weighted by molar-refractivity contribution is 0.111. The quantitative estimate of drug-likeness (QED) is 0.820. The van der Waals surface area contributed by atoms with E-state index in [4.69, 9.17) is 4.74 Å². The fourth-order valence-electron chi connectivity index (χ4n) is 2.16. The Hall–Kier alpha value is -0.870. The summed E-state index contributed by atoms with van der Waals surface area (Å²) in [6, 6.07) is 3.00. The van der Waals surface area contributed by atoms with Crippen LogP contribution < -0.4 is 5.32 Å². The minimum Gasteiger partial charge on any atom is -0.377 e. The van der Waals surface area contributed by atoms with Gasteiger partial charge in [-0.2, -0.15) is 5.10 Å². The lowest BCUT2D eigenvalue weighted by Gasteiger charge is -2.21. The molecule has 90 valence electrons. The van der Waals surface area contributed by atoms with E-state index in [0.717, 1.165) is 26.0 Å². The van der Waals surface area contributed by atoms with Crippen molar-refractivity contribution in [3.63, 3.8) is 0 Å². The van der Waals surface area contributed by atoms with Crippen molar-refractivity contribution >= 4 is 0 Å². The van der Waals surface area contributed by atoms with Gasteiger partial charge in [0, 0.05) is 37.6 Å². The maximum Gasteiger partial charge on any atom is 0.0700 e. The Balaban J connectivity index is 1.70. The Morgan fingerprint density at radius 3 is 3.12 bits per heavy atom. The first kappa shape index (κ1) is 11.6. The Morgan fingerprint density at radius 2 is 2.50 bits per heavy atom. The van der Waals surface area contributed by atoms with Crippen LogP contribution in [-0.2, 0) is 11.3 Å². The molecular formula is C12H21N3O. The van der Waals surface area contributed by atoms with Crippen molar-refractivity contribution in [2.75, 3.05) is 6.61 Å². The van der Waals surface area contributed by atoms with Gasteiger partial charge in [-0.3, -0.25) is 4.68 Å². The first-order valence-electron chi connectivity index (χ1n) is 6.11. The Kier molecular flexibility index (Phi) is 3.96. The molecule has 0 radical (unpaired) electrons. The third-order valence-corrected chi connectivity index (χ3v) is 3.23. The second kappa shape index (κ2) is 5.46. The summed E-state index contributed by atoms with van der Waals surface area (Å²) in [6.07, 6.45) is 6.42. The van der Waals surface area contributed by atoms with Gasteiger partial charge in [-0.15, -0.1) is 0 Å². The molecule has 1 aromatic rings. The van der Waals surface area contributed by atoms with Gasteiger partial charge in [0.05, 0.1) is 6.10 Å². The maximum absolute atomic E-state index is 5.54. The summed E-state index contributed by atoms with van der Waals surface area (Å²) in [5.74, 6) is 0. The molecule has 1 N–H and O–H groups in total. The zero-order chi connectivity index (χ0) is 11.4. The van der Waals surface area contributed by atoms with Gasteiger partial charge in [-0.25, -0.2) is 0 Å². The molecule has 4 nitrogen and oxygen atoms in total. The third kappa shape index (κ3) is 3.06. The predicted octanol–water partition coefficient (Wildman–Crippen LogP) is 1.43. The molecule has 0 aliphatic carbocycles. The molecule has 0 aromatic carbocycles. The molecule has 16 heavy (non-hydrogen) atoms. The predicted molar refractivity (Wildman–Crippen MR) is 63.3 cm³/mol. The van der Waals surface area contributed by atoms with E-state index < -0.39 is 0 Å². The Labute approximate surface area is 97.0 Å². The molecule has 0 spiro atoms. The van der Waals surface area contributed by atoms with E-state index >= 15 is 0 Å². The Bertz CT molecular complexity index is 299.